The molecule has 1 aliphatic heterocycles. The summed E-state index contributed by atoms with van der Waals surface area (Å²) in [5.41, 5.74) is 0. The average Bonchev–Trinajstić information content (AvgIpc) is 2.93. The maximum atomic E-state index is 13.7. The van der Waals surface area contributed by atoms with Crippen molar-refractivity contribution in [2.24, 2.45) is 0 Å². The fourth-order valence-electron chi connectivity index (χ4n) is 2.45. The third kappa shape index (κ3) is 4.47. The third-order valence-corrected chi connectivity index (χ3v) is 4.14. The van der Waals surface area contributed by atoms with E-state index < -0.39 is 18.1 Å². The Hall–Kier alpha value is -1.83. The highest BCUT2D eigenvalue weighted by molar-refractivity contribution is 6.30. The van der Waals surface area contributed by atoms with Gasteiger partial charge in [0.15, 0.2) is 11.5 Å². The molecule has 0 aromatic heterocycles. The molecule has 2 amide bonds. The van der Waals surface area contributed by atoms with Crippen LogP contribution in [0.2, 0.25) is 5.02 Å². The van der Waals surface area contributed by atoms with Crippen molar-refractivity contribution in [3.05, 3.63) is 23.2 Å². The predicted octanol–water partition coefficient (Wildman–Crippen LogP) is 4.94. The van der Waals surface area contributed by atoms with Crippen LogP contribution in [-0.4, -0.2) is 36.1 Å². The molecule has 0 radical (unpaired) electrons. The van der Waals surface area contributed by atoms with Gasteiger partial charge in [0.25, 0.3) is 0 Å². The largest absolute Gasteiger partial charge is 0.492 e. The minimum Gasteiger partial charge on any atom is -0.424 e. The quantitative estimate of drug-likeness (QED) is 0.712. The Morgan fingerprint density at radius 1 is 1.15 bits per heavy atom. The number of benzene rings is 1. The van der Waals surface area contributed by atoms with Gasteiger partial charge in [-0.05, 0) is 25.0 Å². The van der Waals surface area contributed by atoms with E-state index in [2.05, 4.69) is 0 Å². The molecule has 0 aliphatic carbocycles. The summed E-state index contributed by atoms with van der Waals surface area (Å²) in [6, 6.07) is 2.97. The molecule has 1 aliphatic rings. The van der Waals surface area contributed by atoms with E-state index in [0.717, 1.165) is 12.8 Å². The van der Waals surface area contributed by atoms with Gasteiger partial charge in [0.05, 0.1) is 0 Å². The van der Waals surface area contributed by atoms with Crippen LogP contribution in [0.1, 0.15) is 39.5 Å². The minimum atomic E-state index is -4.99. The number of carbonyl (C=O) groups is 1. The number of nitrogens with zero attached hydrogens (tertiary/aromatic N) is 1. The number of alkyl halides is 3. The number of hydrogen-bond acceptors (Lipinski definition) is 3. The van der Waals surface area contributed by atoms with Crippen LogP contribution in [0, 0.1) is 0 Å². The van der Waals surface area contributed by atoms with E-state index in [4.69, 9.17) is 21.1 Å². The van der Waals surface area contributed by atoms with Gasteiger partial charge in [-0.25, -0.2) is 4.79 Å². The van der Waals surface area contributed by atoms with Crippen LogP contribution >= 0.6 is 11.6 Å². The van der Waals surface area contributed by atoms with Crippen LogP contribution in [0.15, 0.2) is 18.2 Å². The molecule has 1 unspecified atom stereocenters. The van der Waals surface area contributed by atoms with Crippen molar-refractivity contribution in [3.8, 4) is 11.5 Å². The lowest BCUT2D eigenvalue weighted by molar-refractivity contribution is -0.318. The summed E-state index contributed by atoms with van der Waals surface area (Å²) in [4.78, 5) is 13.9. The molecular formula is C17H22ClF3N2O3. The lowest BCUT2D eigenvalue weighted by Gasteiger charge is -2.32. The Balaban J connectivity index is 2.22. The Labute approximate surface area is 155 Å². The van der Waals surface area contributed by atoms with Crippen LogP contribution in [-0.2, 0) is 0 Å². The van der Waals surface area contributed by atoms with Gasteiger partial charge in [0, 0.05) is 24.2 Å². The van der Waals surface area contributed by atoms with Crippen molar-refractivity contribution in [1.82, 2.24) is 10.2 Å². The summed E-state index contributed by atoms with van der Waals surface area (Å²) in [6.07, 6.45) is -1.98. The number of unbranched alkanes of at least 4 members (excludes halogenated alkanes) is 2. The molecule has 1 atom stereocenters. The van der Waals surface area contributed by atoms with Gasteiger partial charge in [-0.15, -0.1) is 0 Å². The second-order valence-corrected chi connectivity index (χ2v) is 6.47. The normalized spacial score (nSPS) is 18.7. The first kappa shape index (κ1) is 20.5. The molecule has 0 fully saturated rings. The molecule has 2 rings (SSSR count). The lowest BCUT2D eigenvalue weighted by atomic mass is 10.3. The summed E-state index contributed by atoms with van der Waals surface area (Å²) < 4.78 is 51.0. The van der Waals surface area contributed by atoms with Crippen LogP contribution in [0.3, 0.4) is 0 Å². The molecule has 1 aromatic rings. The number of halogens is 4. The van der Waals surface area contributed by atoms with Crippen molar-refractivity contribution in [2.75, 3.05) is 13.1 Å². The van der Waals surface area contributed by atoms with E-state index in [1.54, 1.807) is 0 Å². The molecule has 26 heavy (non-hydrogen) atoms. The lowest BCUT2D eigenvalue weighted by Crippen LogP contribution is -2.66. The monoisotopic (exact) mass is 394 g/mol. The summed E-state index contributed by atoms with van der Waals surface area (Å²) in [5.74, 6) is -3.59. The van der Waals surface area contributed by atoms with Gasteiger partial charge in [-0.3, -0.25) is 5.32 Å². The zero-order valence-electron chi connectivity index (χ0n) is 14.7. The van der Waals surface area contributed by atoms with Crippen molar-refractivity contribution in [2.45, 2.75) is 51.6 Å². The first-order valence-electron chi connectivity index (χ1n) is 8.53. The van der Waals surface area contributed by atoms with Gasteiger partial charge in [0.2, 0.25) is 0 Å². The fourth-order valence-corrected chi connectivity index (χ4v) is 2.61. The van der Waals surface area contributed by atoms with E-state index in [-0.39, 0.29) is 16.5 Å². The maximum absolute atomic E-state index is 13.7. The van der Waals surface area contributed by atoms with E-state index in [0.29, 0.717) is 25.9 Å². The number of nitrogens with one attached hydrogen (secondary N) is 1. The SMILES string of the molecule is CCCCN(CCCC)C(=O)NC1(C(F)(F)F)Oc2ccc(Cl)cc2O1. The molecule has 1 N–H and O–H groups in total. The fraction of sp³-hybridized carbons (Fsp3) is 0.588. The van der Waals surface area contributed by atoms with Crippen LogP contribution in [0.5, 0.6) is 11.5 Å². The maximum Gasteiger partial charge on any atom is 0.492 e. The van der Waals surface area contributed by atoms with Gasteiger partial charge < -0.3 is 14.4 Å². The highest BCUT2D eigenvalue weighted by Crippen LogP contribution is 2.46. The summed E-state index contributed by atoms with van der Waals surface area (Å²) in [7, 11) is 0. The molecule has 146 valence electrons. The number of amides is 2. The first-order chi connectivity index (χ1) is 12.2. The Kier molecular flexibility index (Phi) is 6.49. The zero-order chi connectivity index (χ0) is 19.4. The Morgan fingerprint density at radius 2 is 1.73 bits per heavy atom. The van der Waals surface area contributed by atoms with E-state index in [1.807, 2.05) is 19.2 Å². The topological polar surface area (TPSA) is 50.8 Å². The van der Waals surface area contributed by atoms with E-state index in [1.165, 1.54) is 23.1 Å². The Morgan fingerprint density at radius 3 is 2.27 bits per heavy atom. The standard InChI is InChI=1S/C17H22ClF3N2O3/c1-3-5-9-23(10-6-4-2)15(24)22-17(16(19,20)21)25-13-8-7-12(18)11-14(13)26-17/h7-8,11H,3-6,9-10H2,1-2H3,(H,22,24). The molecule has 1 heterocycles. The summed E-state index contributed by atoms with van der Waals surface area (Å²) >= 11 is 5.79. The predicted molar refractivity (Wildman–Crippen MR) is 91.4 cm³/mol. The smallest absolute Gasteiger partial charge is 0.424 e. The van der Waals surface area contributed by atoms with Crippen molar-refractivity contribution in [1.29, 1.82) is 0 Å². The first-order valence-corrected chi connectivity index (χ1v) is 8.91. The highest BCUT2D eigenvalue weighted by atomic mass is 35.5. The molecule has 5 nitrogen and oxygen atoms in total. The van der Waals surface area contributed by atoms with Gasteiger partial charge in [-0.1, -0.05) is 38.3 Å². The Bertz CT molecular complexity index is 634. The third-order valence-electron chi connectivity index (χ3n) is 3.91. The minimum absolute atomic E-state index is 0.138. The van der Waals surface area contributed by atoms with Gasteiger partial charge in [-0.2, -0.15) is 13.2 Å². The molecule has 0 spiro atoms. The molecule has 0 saturated carbocycles. The van der Waals surface area contributed by atoms with E-state index >= 15 is 0 Å². The average molecular weight is 395 g/mol. The molecule has 0 saturated heterocycles. The number of ether oxygens (including phenoxy) is 2. The van der Waals surface area contributed by atoms with Crippen LogP contribution in [0.4, 0.5) is 18.0 Å². The number of fused-ring (bicyclic) bond motifs is 1. The number of urea groups is 1. The van der Waals surface area contributed by atoms with Crippen molar-refractivity contribution in [3.63, 3.8) is 0 Å². The second-order valence-electron chi connectivity index (χ2n) is 6.03. The van der Waals surface area contributed by atoms with E-state index in [9.17, 15) is 18.0 Å². The molecular weight excluding hydrogens is 373 g/mol. The molecule has 9 heteroatoms. The zero-order valence-corrected chi connectivity index (χ0v) is 15.4. The molecule has 1 aromatic carbocycles. The highest BCUT2D eigenvalue weighted by Gasteiger charge is 2.66. The van der Waals surface area contributed by atoms with Crippen molar-refractivity contribution >= 4 is 17.6 Å². The van der Waals surface area contributed by atoms with Crippen LogP contribution < -0.4 is 14.8 Å². The van der Waals surface area contributed by atoms with Gasteiger partial charge in [0.1, 0.15) is 0 Å². The van der Waals surface area contributed by atoms with Crippen LogP contribution in [0.25, 0.3) is 0 Å². The number of carbonyl (C=O) groups excluding carboxylic acids is 1. The number of rotatable bonds is 7. The van der Waals surface area contributed by atoms with Gasteiger partial charge >= 0.3 is 18.1 Å². The van der Waals surface area contributed by atoms with Crippen molar-refractivity contribution < 1.29 is 27.4 Å². The molecule has 0 bridgehead atoms. The second kappa shape index (κ2) is 8.24. The summed E-state index contributed by atoms with van der Waals surface area (Å²) in [6.45, 7) is 4.59. The summed E-state index contributed by atoms with van der Waals surface area (Å²) in [5, 5.41) is 2.09. The number of hydrogen-bond donors (Lipinski definition) is 1.